The second-order valence-corrected chi connectivity index (χ2v) is 3.73. The first-order valence-corrected chi connectivity index (χ1v) is 5.09. The van der Waals surface area contributed by atoms with Crippen LogP contribution in [-0.2, 0) is 5.54 Å². The molecule has 0 amide bonds. The van der Waals surface area contributed by atoms with Crippen LogP contribution in [-0.4, -0.2) is 23.2 Å². The summed E-state index contributed by atoms with van der Waals surface area (Å²) in [7, 11) is 0. The number of nitrogens with zero attached hydrogens (tertiary/aromatic N) is 1. The molecular weight excluding hydrogens is 195 g/mol. The van der Waals surface area contributed by atoms with Crippen LogP contribution in [0.25, 0.3) is 0 Å². The summed E-state index contributed by atoms with van der Waals surface area (Å²) in [6.07, 6.45) is 3.34. The van der Waals surface area contributed by atoms with Crippen molar-refractivity contribution in [3.63, 3.8) is 0 Å². The van der Waals surface area contributed by atoms with Crippen molar-refractivity contribution in [2.45, 2.75) is 25.8 Å². The quantitative estimate of drug-likeness (QED) is 0.776. The predicted octanol–water partition coefficient (Wildman–Crippen LogP) is 1.43. The molecule has 0 bridgehead atoms. The molecular formula is C11H17FN2O. The van der Waals surface area contributed by atoms with Gasteiger partial charge in [-0.3, -0.25) is 4.98 Å². The third-order valence-corrected chi connectivity index (χ3v) is 2.52. The van der Waals surface area contributed by atoms with Crippen molar-refractivity contribution < 1.29 is 9.50 Å². The molecule has 0 aliphatic heterocycles. The zero-order valence-electron chi connectivity index (χ0n) is 9.13. The molecule has 0 saturated carbocycles. The van der Waals surface area contributed by atoms with Crippen molar-refractivity contribution in [3.05, 3.63) is 29.8 Å². The van der Waals surface area contributed by atoms with Gasteiger partial charge >= 0.3 is 0 Å². The molecule has 0 saturated heterocycles. The minimum Gasteiger partial charge on any atom is -0.396 e. The molecule has 1 atom stereocenters. The first-order chi connectivity index (χ1) is 7.12. The molecule has 1 aromatic heterocycles. The van der Waals surface area contributed by atoms with Crippen molar-refractivity contribution in [2.24, 2.45) is 0 Å². The summed E-state index contributed by atoms with van der Waals surface area (Å²) < 4.78 is 13.0. The van der Waals surface area contributed by atoms with Gasteiger partial charge < -0.3 is 10.4 Å². The van der Waals surface area contributed by atoms with E-state index in [4.69, 9.17) is 5.11 Å². The van der Waals surface area contributed by atoms with E-state index in [1.54, 1.807) is 6.20 Å². The Morgan fingerprint density at radius 2 is 2.27 bits per heavy atom. The van der Waals surface area contributed by atoms with Crippen molar-refractivity contribution >= 4 is 0 Å². The van der Waals surface area contributed by atoms with Crippen LogP contribution in [0.2, 0.25) is 0 Å². The lowest BCUT2D eigenvalue weighted by atomic mass is 9.90. The highest BCUT2D eigenvalue weighted by Crippen LogP contribution is 2.23. The molecule has 15 heavy (non-hydrogen) atoms. The smallest absolute Gasteiger partial charge is 0.141 e. The second-order valence-electron chi connectivity index (χ2n) is 3.73. The van der Waals surface area contributed by atoms with Crippen LogP contribution in [0.3, 0.4) is 0 Å². The molecule has 84 valence electrons. The van der Waals surface area contributed by atoms with Crippen LogP contribution < -0.4 is 5.32 Å². The van der Waals surface area contributed by atoms with E-state index < -0.39 is 5.54 Å². The summed E-state index contributed by atoms with van der Waals surface area (Å²) in [6, 6.07) is 1.45. The topological polar surface area (TPSA) is 45.1 Å². The average Bonchev–Trinajstić information content (AvgIpc) is 2.18. The van der Waals surface area contributed by atoms with E-state index >= 15 is 0 Å². The largest absolute Gasteiger partial charge is 0.396 e. The number of aliphatic hydroxyl groups is 1. The van der Waals surface area contributed by atoms with E-state index in [9.17, 15) is 4.39 Å². The van der Waals surface area contributed by atoms with Crippen molar-refractivity contribution in [3.8, 4) is 0 Å². The molecule has 0 aliphatic rings. The number of aliphatic hydroxyl groups excluding tert-OH is 1. The Bertz CT molecular complexity index is 311. The fraction of sp³-hybridized carbons (Fsp3) is 0.545. The lowest BCUT2D eigenvalue weighted by Crippen LogP contribution is -2.40. The molecule has 4 heteroatoms. The van der Waals surface area contributed by atoms with Crippen LogP contribution in [0.5, 0.6) is 0 Å². The van der Waals surface area contributed by atoms with Gasteiger partial charge in [0.2, 0.25) is 0 Å². The number of hydrogen-bond donors (Lipinski definition) is 2. The van der Waals surface area contributed by atoms with Crippen molar-refractivity contribution in [2.75, 3.05) is 13.2 Å². The molecule has 1 rings (SSSR count). The third kappa shape index (κ3) is 2.97. The zero-order chi connectivity index (χ0) is 11.3. The molecule has 1 aromatic rings. The van der Waals surface area contributed by atoms with Gasteiger partial charge in [0.05, 0.1) is 6.20 Å². The Hall–Kier alpha value is -1.00. The summed E-state index contributed by atoms with van der Waals surface area (Å²) in [6.45, 7) is 4.72. The van der Waals surface area contributed by atoms with E-state index in [2.05, 4.69) is 10.3 Å². The van der Waals surface area contributed by atoms with Gasteiger partial charge in [-0.2, -0.15) is 0 Å². The summed E-state index contributed by atoms with van der Waals surface area (Å²) in [5.74, 6) is -0.352. The van der Waals surface area contributed by atoms with E-state index in [1.807, 2.05) is 13.8 Å². The number of hydrogen-bond acceptors (Lipinski definition) is 3. The number of aromatic nitrogens is 1. The molecule has 3 nitrogen and oxygen atoms in total. The van der Waals surface area contributed by atoms with Gasteiger partial charge in [0.25, 0.3) is 0 Å². The molecule has 0 aromatic carbocycles. The number of pyridine rings is 1. The molecule has 0 aliphatic carbocycles. The SMILES string of the molecule is CCNC(C)(CCO)c1cncc(F)c1. The van der Waals surface area contributed by atoms with Crippen LogP contribution >= 0.6 is 0 Å². The Balaban J connectivity index is 2.97. The van der Waals surface area contributed by atoms with Crippen LogP contribution in [0, 0.1) is 5.82 Å². The Labute approximate surface area is 89.4 Å². The predicted molar refractivity (Wildman–Crippen MR) is 56.9 cm³/mol. The Kier molecular flexibility index (Phi) is 4.17. The van der Waals surface area contributed by atoms with Gasteiger partial charge in [0, 0.05) is 18.3 Å². The van der Waals surface area contributed by atoms with Crippen molar-refractivity contribution in [1.82, 2.24) is 10.3 Å². The lowest BCUT2D eigenvalue weighted by molar-refractivity contribution is 0.222. The molecule has 1 heterocycles. The monoisotopic (exact) mass is 212 g/mol. The third-order valence-electron chi connectivity index (χ3n) is 2.52. The summed E-state index contributed by atoms with van der Waals surface area (Å²) in [5, 5.41) is 12.2. The van der Waals surface area contributed by atoms with Gasteiger partial charge in [-0.05, 0) is 31.5 Å². The van der Waals surface area contributed by atoms with E-state index in [0.29, 0.717) is 6.42 Å². The lowest BCUT2D eigenvalue weighted by Gasteiger charge is -2.30. The average molecular weight is 212 g/mol. The van der Waals surface area contributed by atoms with Crippen molar-refractivity contribution in [1.29, 1.82) is 0 Å². The minimum atomic E-state index is -0.418. The number of halogens is 1. The number of rotatable bonds is 5. The second kappa shape index (κ2) is 5.19. The molecule has 0 fully saturated rings. The highest BCUT2D eigenvalue weighted by atomic mass is 19.1. The first kappa shape index (κ1) is 12.1. The highest BCUT2D eigenvalue weighted by molar-refractivity contribution is 5.20. The Morgan fingerprint density at radius 3 is 2.80 bits per heavy atom. The zero-order valence-corrected chi connectivity index (χ0v) is 9.13. The fourth-order valence-electron chi connectivity index (χ4n) is 1.66. The van der Waals surface area contributed by atoms with Gasteiger partial charge in [-0.1, -0.05) is 6.92 Å². The number of nitrogens with one attached hydrogen (secondary N) is 1. The maximum Gasteiger partial charge on any atom is 0.141 e. The molecule has 2 N–H and O–H groups in total. The van der Waals surface area contributed by atoms with Crippen LogP contribution in [0.4, 0.5) is 4.39 Å². The summed E-state index contributed by atoms with van der Waals surface area (Å²) in [5.41, 5.74) is 0.344. The van der Waals surface area contributed by atoms with Crippen LogP contribution in [0.1, 0.15) is 25.8 Å². The van der Waals surface area contributed by atoms with Gasteiger partial charge in [0.15, 0.2) is 0 Å². The standard InChI is InChI=1S/C11H17FN2O/c1-3-14-11(2,4-5-15)9-6-10(12)8-13-7-9/h6-8,14-15H,3-5H2,1-2H3. The summed E-state index contributed by atoms with van der Waals surface area (Å²) >= 11 is 0. The van der Waals surface area contributed by atoms with Gasteiger partial charge in [-0.15, -0.1) is 0 Å². The molecule has 0 radical (unpaired) electrons. The van der Waals surface area contributed by atoms with E-state index in [0.717, 1.165) is 12.1 Å². The molecule has 0 spiro atoms. The van der Waals surface area contributed by atoms with E-state index in [-0.39, 0.29) is 12.4 Å². The molecule has 1 unspecified atom stereocenters. The summed E-state index contributed by atoms with van der Waals surface area (Å²) in [4.78, 5) is 3.82. The first-order valence-electron chi connectivity index (χ1n) is 5.09. The highest BCUT2D eigenvalue weighted by Gasteiger charge is 2.25. The normalized spacial score (nSPS) is 14.9. The van der Waals surface area contributed by atoms with E-state index in [1.165, 1.54) is 12.3 Å². The maximum absolute atomic E-state index is 13.0. The van der Waals surface area contributed by atoms with Crippen LogP contribution in [0.15, 0.2) is 18.5 Å². The van der Waals surface area contributed by atoms with Gasteiger partial charge in [0.1, 0.15) is 5.82 Å². The fourth-order valence-corrected chi connectivity index (χ4v) is 1.66. The minimum absolute atomic E-state index is 0.0556. The Morgan fingerprint density at radius 1 is 1.53 bits per heavy atom. The van der Waals surface area contributed by atoms with Gasteiger partial charge in [-0.25, -0.2) is 4.39 Å². The maximum atomic E-state index is 13.0.